The molecule has 0 aliphatic heterocycles. The standard InChI is InChI=1S/C16H16N4O5/c1-7(19-9-4-3-5-10(6-9)20-16(17)18)11-13(22)12(8(2)21)15(24)25-14(11)23/h3-6,22,24H,1-2H3,(H4,17,18,20). The number of rotatable bonds is 4. The Morgan fingerprint density at radius 1 is 1.08 bits per heavy atom. The Morgan fingerprint density at radius 2 is 1.68 bits per heavy atom. The number of aliphatic imine (C=N–C) groups is 2. The second-order valence-corrected chi connectivity index (χ2v) is 5.10. The largest absolute Gasteiger partial charge is 0.506 e. The molecule has 2 rings (SSSR count). The molecule has 0 aliphatic carbocycles. The Balaban J connectivity index is 2.58. The molecule has 6 N–H and O–H groups in total. The van der Waals surface area contributed by atoms with Gasteiger partial charge < -0.3 is 26.1 Å². The molecule has 0 unspecified atom stereocenters. The molecule has 0 amide bonds. The van der Waals surface area contributed by atoms with Crippen LogP contribution in [0.1, 0.15) is 29.8 Å². The van der Waals surface area contributed by atoms with Crippen molar-refractivity contribution in [2.45, 2.75) is 13.8 Å². The van der Waals surface area contributed by atoms with Crippen molar-refractivity contribution in [3.05, 3.63) is 45.8 Å². The van der Waals surface area contributed by atoms with Crippen LogP contribution in [0.25, 0.3) is 0 Å². The number of carbonyl (C=O) groups excluding carboxylic acids is 1. The number of aromatic hydroxyl groups is 2. The smallest absolute Gasteiger partial charge is 0.351 e. The number of nitrogens with zero attached hydrogens (tertiary/aromatic N) is 2. The number of ketones is 1. The Morgan fingerprint density at radius 3 is 2.24 bits per heavy atom. The number of Topliss-reactive ketones (excluding diaryl/α,β-unsaturated/α-hetero) is 1. The molecule has 2 aromatic rings. The highest BCUT2D eigenvalue weighted by Crippen LogP contribution is 2.29. The van der Waals surface area contributed by atoms with Gasteiger partial charge in [-0.25, -0.2) is 9.79 Å². The zero-order valence-electron chi connectivity index (χ0n) is 13.5. The average molecular weight is 344 g/mol. The van der Waals surface area contributed by atoms with Gasteiger partial charge in [0, 0.05) is 0 Å². The van der Waals surface area contributed by atoms with Gasteiger partial charge in [0.25, 0.3) is 5.95 Å². The zero-order chi connectivity index (χ0) is 18.7. The van der Waals surface area contributed by atoms with Crippen LogP contribution in [0.3, 0.4) is 0 Å². The summed E-state index contributed by atoms with van der Waals surface area (Å²) < 4.78 is 4.60. The van der Waals surface area contributed by atoms with Crippen LogP contribution in [0, 0.1) is 0 Å². The highest BCUT2D eigenvalue weighted by Gasteiger charge is 2.23. The summed E-state index contributed by atoms with van der Waals surface area (Å²) >= 11 is 0. The van der Waals surface area contributed by atoms with Gasteiger partial charge in [0.1, 0.15) is 16.9 Å². The predicted octanol–water partition coefficient (Wildman–Crippen LogP) is 1.30. The molecule has 1 aromatic heterocycles. The minimum atomic E-state index is -1.03. The third-order valence-corrected chi connectivity index (χ3v) is 3.18. The summed E-state index contributed by atoms with van der Waals surface area (Å²) in [5.74, 6) is -2.42. The molecule has 0 radical (unpaired) electrons. The molecule has 9 heteroatoms. The maximum absolute atomic E-state index is 11.9. The summed E-state index contributed by atoms with van der Waals surface area (Å²) in [5, 5.41) is 19.7. The second-order valence-electron chi connectivity index (χ2n) is 5.10. The topological polar surface area (TPSA) is 164 Å². The summed E-state index contributed by atoms with van der Waals surface area (Å²) in [6.45, 7) is 2.56. The normalized spacial score (nSPS) is 11.2. The number of carbonyl (C=O) groups is 1. The lowest BCUT2D eigenvalue weighted by Crippen LogP contribution is -2.21. The fourth-order valence-electron chi connectivity index (χ4n) is 2.18. The molecule has 0 spiro atoms. The monoisotopic (exact) mass is 344 g/mol. The van der Waals surface area contributed by atoms with E-state index in [9.17, 15) is 19.8 Å². The van der Waals surface area contributed by atoms with Crippen LogP contribution in [0.15, 0.2) is 43.5 Å². The first-order valence-electron chi connectivity index (χ1n) is 7.06. The second kappa shape index (κ2) is 6.87. The number of hydrogen-bond acceptors (Lipinski definition) is 7. The van der Waals surface area contributed by atoms with Crippen LogP contribution in [-0.2, 0) is 0 Å². The molecule has 130 valence electrons. The van der Waals surface area contributed by atoms with Gasteiger partial charge in [0.2, 0.25) is 0 Å². The van der Waals surface area contributed by atoms with Crippen LogP contribution in [0.5, 0.6) is 11.7 Å². The van der Waals surface area contributed by atoms with Crippen molar-refractivity contribution in [2.75, 3.05) is 0 Å². The highest BCUT2D eigenvalue weighted by molar-refractivity contribution is 6.07. The quantitative estimate of drug-likeness (QED) is 0.368. The van der Waals surface area contributed by atoms with E-state index in [-0.39, 0.29) is 17.2 Å². The van der Waals surface area contributed by atoms with Crippen molar-refractivity contribution in [1.82, 2.24) is 0 Å². The molecule has 25 heavy (non-hydrogen) atoms. The average Bonchev–Trinajstić information content (AvgIpc) is 2.45. The Bertz CT molecular complexity index is 955. The van der Waals surface area contributed by atoms with E-state index in [1.54, 1.807) is 24.3 Å². The minimum Gasteiger partial charge on any atom is -0.506 e. The first-order chi connectivity index (χ1) is 11.7. The maximum atomic E-state index is 11.9. The van der Waals surface area contributed by atoms with Crippen LogP contribution < -0.4 is 17.1 Å². The van der Waals surface area contributed by atoms with E-state index in [2.05, 4.69) is 14.4 Å². The Hall–Kier alpha value is -3.62. The lowest BCUT2D eigenvalue weighted by atomic mass is 10.1. The van der Waals surface area contributed by atoms with Crippen molar-refractivity contribution in [3.63, 3.8) is 0 Å². The van der Waals surface area contributed by atoms with E-state index in [1.165, 1.54) is 6.92 Å². The van der Waals surface area contributed by atoms with Gasteiger partial charge in [-0.3, -0.25) is 9.79 Å². The molecule has 0 aliphatic rings. The van der Waals surface area contributed by atoms with E-state index in [0.717, 1.165) is 6.92 Å². The van der Waals surface area contributed by atoms with Crippen LogP contribution in [-0.4, -0.2) is 27.7 Å². The van der Waals surface area contributed by atoms with Gasteiger partial charge in [0.15, 0.2) is 11.7 Å². The molecule has 9 nitrogen and oxygen atoms in total. The van der Waals surface area contributed by atoms with Crippen LogP contribution in [0.2, 0.25) is 0 Å². The summed E-state index contributed by atoms with van der Waals surface area (Å²) in [4.78, 5) is 31.5. The summed E-state index contributed by atoms with van der Waals surface area (Å²) in [5.41, 5.74) is 9.72. The molecular weight excluding hydrogens is 328 g/mol. The Kier molecular flexibility index (Phi) is 4.87. The number of guanidine groups is 1. The predicted molar refractivity (Wildman–Crippen MR) is 92.1 cm³/mol. The molecule has 1 aromatic carbocycles. The molecule has 0 fully saturated rings. The van der Waals surface area contributed by atoms with Crippen LogP contribution in [0.4, 0.5) is 11.4 Å². The van der Waals surface area contributed by atoms with E-state index in [1.807, 2.05) is 0 Å². The van der Waals surface area contributed by atoms with Crippen molar-refractivity contribution < 1.29 is 19.4 Å². The van der Waals surface area contributed by atoms with Crippen molar-refractivity contribution >= 4 is 28.8 Å². The fourth-order valence-corrected chi connectivity index (χ4v) is 2.18. The SMILES string of the molecule is CC(=O)c1c(O)oc(=O)c(C(C)=Nc2cccc(N=C(N)N)c2)c1O. The molecule has 0 saturated heterocycles. The van der Waals surface area contributed by atoms with E-state index < -0.39 is 28.7 Å². The van der Waals surface area contributed by atoms with Crippen molar-refractivity contribution in [1.29, 1.82) is 0 Å². The highest BCUT2D eigenvalue weighted by atomic mass is 16.5. The number of hydrogen-bond donors (Lipinski definition) is 4. The molecule has 0 bridgehead atoms. The molecular formula is C16H16N4O5. The minimum absolute atomic E-state index is 0.0793. The third kappa shape index (κ3) is 3.83. The van der Waals surface area contributed by atoms with Crippen molar-refractivity contribution in [3.8, 4) is 11.7 Å². The zero-order valence-corrected chi connectivity index (χ0v) is 13.5. The van der Waals surface area contributed by atoms with Gasteiger partial charge in [-0.05, 0) is 32.0 Å². The lowest BCUT2D eigenvalue weighted by molar-refractivity contribution is 0.100. The molecule has 0 atom stereocenters. The molecule has 0 saturated carbocycles. The molecule has 1 heterocycles. The summed E-state index contributed by atoms with van der Waals surface area (Å²) in [6.07, 6.45) is 0. The lowest BCUT2D eigenvalue weighted by Gasteiger charge is -2.07. The van der Waals surface area contributed by atoms with Gasteiger partial charge in [-0.1, -0.05) is 6.07 Å². The van der Waals surface area contributed by atoms with Gasteiger partial charge in [-0.15, -0.1) is 0 Å². The van der Waals surface area contributed by atoms with Gasteiger partial charge >= 0.3 is 5.63 Å². The number of nitrogens with two attached hydrogens (primary N) is 2. The van der Waals surface area contributed by atoms with E-state index in [4.69, 9.17) is 11.5 Å². The van der Waals surface area contributed by atoms with Gasteiger partial charge in [0.05, 0.1) is 17.1 Å². The first-order valence-corrected chi connectivity index (χ1v) is 7.06. The Labute approximate surface area is 141 Å². The van der Waals surface area contributed by atoms with E-state index >= 15 is 0 Å². The maximum Gasteiger partial charge on any atom is 0.351 e. The fraction of sp³-hybridized carbons (Fsp3) is 0.125. The summed E-state index contributed by atoms with van der Waals surface area (Å²) in [7, 11) is 0. The summed E-state index contributed by atoms with van der Waals surface area (Å²) in [6, 6.07) is 6.47. The van der Waals surface area contributed by atoms with E-state index in [0.29, 0.717) is 11.4 Å². The third-order valence-electron chi connectivity index (χ3n) is 3.18. The van der Waals surface area contributed by atoms with Gasteiger partial charge in [-0.2, -0.15) is 0 Å². The van der Waals surface area contributed by atoms with Crippen LogP contribution >= 0.6 is 0 Å². The first kappa shape index (κ1) is 17.7. The number of benzene rings is 1. The van der Waals surface area contributed by atoms with Crippen molar-refractivity contribution in [2.24, 2.45) is 21.5 Å².